The van der Waals surface area contributed by atoms with Crippen molar-refractivity contribution < 1.29 is 14.2 Å². The Morgan fingerprint density at radius 2 is 1.90 bits per heavy atom. The number of benzene rings is 1. The van der Waals surface area contributed by atoms with E-state index in [9.17, 15) is 9.50 Å². The van der Waals surface area contributed by atoms with Crippen LogP contribution in [0.1, 0.15) is 12.8 Å². The van der Waals surface area contributed by atoms with E-state index in [1.54, 1.807) is 6.07 Å². The van der Waals surface area contributed by atoms with E-state index in [-0.39, 0.29) is 5.82 Å². The molecule has 0 unspecified atom stereocenters. The first-order chi connectivity index (χ1) is 10.2. The Morgan fingerprint density at radius 1 is 1.14 bits per heavy atom. The summed E-state index contributed by atoms with van der Waals surface area (Å²) in [5.74, 6) is -0.144. The van der Waals surface area contributed by atoms with Crippen LogP contribution < -0.4 is 4.90 Å². The van der Waals surface area contributed by atoms with Crippen molar-refractivity contribution in [1.29, 1.82) is 0 Å². The number of halogens is 1. The molecule has 2 saturated heterocycles. The number of piperidine rings is 1. The topological polar surface area (TPSA) is 35.9 Å². The van der Waals surface area contributed by atoms with Crippen LogP contribution in [-0.4, -0.2) is 61.5 Å². The Hall–Kier alpha value is -1.17. The van der Waals surface area contributed by atoms with Crippen molar-refractivity contribution in [2.24, 2.45) is 0 Å². The highest BCUT2D eigenvalue weighted by Gasteiger charge is 2.28. The van der Waals surface area contributed by atoms with Gasteiger partial charge >= 0.3 is 0 Å². The smallest absolute Gasteiger partial charge is 0.146 e. The highest BCUT2D eigenvalue weighted by atomic mass is 19.1. The highest BCUT2D eigenvalue weighted by molar-refractivity contribution is 5.47. The molecule has 2 heterocycles. The van der Waals surface area contributed by atoms with Gasteiger partial charge in [0.2, 0.25) is 0 Å². The molecule has 1 aromatic carbocycles. The van der Waals surface area contributed by atoms with Crippen LogP contribution in [0.2, 0.25) is 0 Å². The van der Waals surface area contributed by atoms with Gasteiger partial charge in [-0.25, -0.2) is 4.39 Å². The lowest BCUT2D eigenvalue weighted by Crippen LogP contribution is -2.47. The number of nitrogens with zero attached hydrogens (tertiary/aromatic N) is 2. The van der Waals surface area contributed by atoms with Gasteiger partial charge in [-0.15, -0.1) is 0 Å². The summed E-state index contributed by atoms with van der Waals surface area (Å²) < 4.78 is 19.2. The fourth-order valence-electron chi connectivity index (χ4n) is 3.33. The minimum absolute atomic E-state index is 0.144. The summed E-state index contributed by atoms with van der Waals surface area (Å²) in [5.41, 5.74) is 0.704. The van der Waals surface area contributed by atoms with Gasteiger partial charge in [-0.2, -0.15) is 0 Å². The molecular weight excluding hydrogens is 271 g/mol. The number of aliphatic hydroxyl groups is 1. The maximum absolute atomic E-state index is 13.8. The summed E-state index contributed by atoms with van der Waals surface area (Å²) >= 11 is 0. The van der Waals surface area contributed by atoms with Crippen LogP contribution in [0.3, 0.4) is 0 Å². The molecule has 2 fully saturated rings. The summed E-state index contributed by atoms with van der Waals surface area (Å²) in [7, 11) is 0. The quantitative estimate of drug-likeness (QED) is 0.896. The van der Waals surface area contributed by atoms with Gasteiger partial charge in [-0.3, -0.25) is 4.90 Å². The number of β-amino-alcohol motifs (C(OH)–C–C–N with tert-alkyl or cyclic N) is 1. The minimum Gasteiger partial charge on any atom is -0.389 e. The number of ether oxygens (including phenoxy) is 1. The normalized spacial score (nSPS) is 25.8. The van der Waals surface area contributed by atoms with E-state index in [1.165, 1.54) is 6.07 Å². The summed E-state index contributed by atoms with van der Waals surface area (Å²) in [6, 6.07) is 7.43. The van der Waals surface area contributed by atoms with Gasteiger partial charge in [-0.05, 0) is 25.0 Å². The van der Waals surface area contributed by atoms with E-state index < -0.39 is 6.10 Å². The van der Waals surface area contributed by atoms with E-state index in [1.807, 2.05) is 12.1 Å². The maximum atomic E-state index is 13.8. The van der Waals surface area contributed by atoms with Gasteiger partial charge in [0.1, 0.15) is 5.82 Å². The minimum atomic E-state index is -0.392. The zero-order valence-corrected chi connectivity index (χ0v) is 12.2. The molecular formula is C16H23FN2O2. The van der Waals surface area contributed by atoms with Crippen molar-refractivity contribution in [2.75, 3.05) is 44.3 Å². The number of hydrogen-bond acceptors (Lipinski definition) is 4. The van der Waals surface area contributed by atoms with Crippen molar-refractivity contribution in [3.8, 4) is 0 Å². The van der Waals surface area contributed by atoms with E-state index in [0.29, 0.717) is 31.5 Å². The van der Waals surface area contributed by atoms with Gasteiger partial charge in [0.25, 0.3) is 0 Å². The molecule has 2 aliphatic rings. The van der Waals surface area contributed by atoms with Crippen molar-refractivity contribution in [1.82, 2.24) is 4.90 Å². The Bertz CT molecular complexity index is 463. The zero-order valence-electron chi connectivity index (χ0n) is 12.2. The van der Waals surface area contributed by atoms with Gasteiger partial charge in [0.15, 0.2) is 0 Å². The number of rotatable bonds is 2. The summed E-state index contributed by atoms with van der Waals surface area (Å²) in [5, 5.41) is 9.83. The van der Waals surface area contributed by atoms with Crippen LogP contribution in [-0.2, 0) is 4.74 Å². The van der Waals surface area contributed by atoms with E-state index in [0.717, 1.165) is 32.5 Å². The Kier molecular flexibility index (Phi) is 4.73. The molecule has 0 radical (unpaired) electrons. The first kappa shape index (κ1) is 14.8. The van der Waals surface area contributed by atoms with E-state index in [4.69, 9.17) is 4.74 Å². The van der Waals surface area contributed by atoms with Crippen molar-refractivity contribution in [3.63, 3.8) is 0 Å². The first-order valence-electron chi connectivity index (χ1n) is 7.73. The second-order valence-electron chi connectivity index (χ2n) is 5.89. The maximum Gasteiger partial charge on any atom is 0.146 e. The van der Waals surface area contributed by atoms with Crippen LogP contribution in [0.15, 0.2) is 24.3 Å². The average molecular weight is 294 g/mol. The second kappa shape index (κ2) is 6.73. The van der Waals surface area contributed by atoms with Crippen LogP contribution in [0.5, 0.6) is 0 Å². The fourth-order valence-corrected chi connectivity index (χ4v) is 3.33. The fraction of sp³-hybridized carbons (Fsp3) is 0.625. The predicted molar refractivity (Wildman–Crippen MR) is 80.0 cm³/mol. The third-order valence-electron chi connectivity index (χ3n) is 4.45. The van der Waals surface area contributed by atoms with Crippen molar-refractivity contribution >= 4 is 5.69 Å². The molecule has 21 heavy (non-hydrogen) atoms. The summed E-state index contributed by atoms with van der Waals surface area (Å²) in [6.45, 7) is 4.40. The zero-order chi connectivity index (χ0) is 14.7. The first-order valence-corrected chi connectivity index (χ1v) is 7.73. The van der Waals surface area contributed by atoms with Crippen molar-refractivity contribution in [2.45, 2.75) is 25.0 Å². The molecule has 2 aliphatic heterocycles. The Balaban J connectivity index is 1.58. The summed E-state index contributed by atoms with van der Waals surface area (Å²) in [6.07, 6.45) is 1.61. The lowest BCUT2D eigenvalue weighted by atomic mass is 10.0. The SMILES string of the molecule is O[C@@H]1COCCN(C2CCN(c3ccccc3F)CC2)C1. The molecule has 0 saturated carbocycles. The van der Waals surface area contributed by atoms with Crippen molar-refractivity contribution in [3.05, 3.63) is 30.1 Å². The number of hydrogen-bond donors (Lipinski definition) is 1. The predicted octanol–water partition coefficient (Wildman–Crippen LogP) is 1.49. The molecule has 1 N–H and O–H groups in total. The van der Waals surface area contributed by atoms with Gasteiger partial charge in [0, 0.05) is 32.2 Å². The van der Waals surface area contributed by atoms with Crippen LogP contribution in [0, 0.1) is 5.82 Å². The lowest BCUT2D eigenvalue weighted by molar-refractivity contribution is 0.0534. The summed E-state index contributed by atoms with van der Waals surface area (Å²) in [4.78, 5) is 4.45. The molecule has 0 amide bonds. The molecule has 0 aliphatic carbocycles. The molecule has 1 atom stereocenters. The number of anilines is 1. The molecule has 0 bridgehead atoms. The number of para-hydroxylation sites is 1. The van der Waals surface area contributed by atoms with E-state index in [2.05, 4.69) is 9.80 Å². The highest BCUT2D eigenvalue weighted by Crippen LogP contribution is 2.25. The molecule has 3 rings (SSSR count). The molecule has 0 spiro atoms. The molecule has 1 aromatic rings. The Labute approximate surface area is 125 Å². The molecule has 4 nitrogen and oxygen atoms in total. The van der Waals surface area contributed by atoms with Crippen LogP contribution in [0.25, 0.3) is 0 Å². The molecule has 0 aromatic heterocycles. The molecule has 5 heteroatoms. The van der Waals surface area contributed by atoms with Crippen LogP contribution in [0.4, 0.5) is 10.1 Å². The Morgan fingerprint density at radius 3 is 2.67 bits per heavy atom. The van der Waals surface area contributed by atoms with Crippen LogP contribution >= 0.6 is 0 Å². The monoisotopic (exact) mass is 294 g/mol. The second-order valence-corrected chi connectivity index (χ2v) is 5.89. The third kappa shape index (κ3) is 3.54. The average Bonchev–Trinajstić information content (AvgIpc) is 2.73. The van der Waals surface area contributed by atoms with Gasteiger partial charge < -0.3 is 14.7 Å². The lowest BCUT2D eigenvalue weighted by Gasteiger charge is -2.39. The molecule has 116 valence electrons. The van der Waals surface area contributed by atoms with Gasteiger partial charge in [-0.1, -0.05) is 12.1 Å². The van der Waals surface area contributed by atoms with Gasteiger partial charge in [0.05, 0.1) is 25.0 Å². The largest absolute Gasteiger partial charge is 0.389 e. The number of aliphatic hydroxyl groups excluding tert-OH is 1. The standard InChI is InChI=1S/C16H23FN2O2/c17-15-3-1-2-4-16(15)18-7-5-13(6-8-18)19-9-10-21-12-14(20)11-19/h1-4,13-14,20H,5-12H2/t14-/m0/s1. The van der Waals surface area contributed by atoms with E-state index >= 15 is 0 Å². The third-order valence-corrected chi connectivity index (χ3v) is 4.45.